The number of rotatable bonds is 9. The first-order valence-corrected chi connectivity index (χ1v) is 14.7. The fourth-order valence-corrected chi connectivity index (χ4v) is 5.54. The van der Waals surface area contributed by atoms with Gasteiger partial charge in [-0.15, -0.1) is 4.40 Å². The number of amidine groups is 1. The molecular formula is C29H32F3N5O5S. The molecule has 43 heavy (non-hydrogen) atoms. The molecule has 5 N–H and O–H groups in total. The van der Waals surface area contributed by atoms with E-state index in [-0.39, 0.29) is 34.7 Å². The Morgan fingerprint density at radius 3 is 2.65 bits per heavy atom. The summed E-state index contributed by atoms with van der Waals surface area (Å²) in [5.41, 5.74) is 7.30. The number of ether oxygens (including phenoxy) is 2. The molecule has 0 radical (unpaired) electrons. The number of sulfonamides is 1. The highest BCUT2D eigenvalue weighted by Crippen LogP contribution is 2.32. The number of alkyl halides is 3. The minimum atomic E-state index is -4.46. The lowest BCUT2D eigenvalue weighted by Crippen LogP contribution is -2.27. The van der Waals surface area contributed by atoms with Gasteiger partial charge in [-0.3, -0.25) is 0 Å². The van der Waals surface area contributed by atoms with Crippen LogP contribution < -0.4 is 21.1 Å². The molecule has 4 rings (SSSR count). The van der Waals surface area contributed by atoms with Gasteiger partial charge in [0.05, 0.1) is 41.2 Å². The summed E-state index contributed by atoms with van der Waals surface area (Å²) in [6.45, 7) is 1.40. The number of hydrogen-bond acceptors (Lipinski definition) is 7. The number of hydrogen-bond donors (Lipinski definition) is 4. The van der Waals surface area contributed by atoms with Crippen molar-refractivity contribution < 1.29 is 36.2 Å². The van der Waals surface area contributed by atoms with Gasteiger partial charge < -0.3 is 35.5 Å². The van der Waals surface area contributed by atoms with Crippen LogP contribution in [-0.2, 0) is 21.3 Å². The number of aromatic nitrogens is 1. The molecule has 0 atom stereocenters. The molecule has 230 valence electrons. The molecule has 1 aliphatic rings. The normalized spacial score (nSPS) is 15.2. The van der Waals surface area contributed by atoms with Crippen LogP contribution in [0.2, 0.25) is 0 Å². The van der Waals surface area contributed by atoms with Crippen LogP contribution in [0.3, 0.4) is 0 Å². The monoisotopic (exact) mass is 619 g/mol. The molecule has 14 heteroatoms. The molecule has 1 aliphatic heterocycles. The Balaban J connectivity index is 1.57. The van der Waals surface area contributed by atoms with Crippen LogP contribution in [0.5, 0.6) is 5.75 Å². The fraction of sp³-hybridized carbons (Fsp3) is 0.345. The van der Waals surface area contributed by atoms with Gasteiger partial charge in [0.1, 0.15) is 18.1 Å². The van der Waals surface area contributed by atoms with E-state index in [1.807, 2.05) is 6.07 Å². The lowest BCUT2D eigenvalue weighted by molar-refractivity contribution is -0.140. The van der Waals surface area contributed by atoms with Crippen LogP contribution in [0.25, 0.3) is 10.9 Å². The van der Waals surface area contributed by atoms with Crippen molar-refractivity contribution in [1.29, 1.82) is 0 Å². The van der Waals surface area contributed by atoms with Crippen LogP contribution >= 0.6 is 0 Å². The maximum absolute atomic E-state index is 13.5. The van der Waals surface area contributed by atoms with Crippen LogP contribution in [-0.4, -0.2) is 63.0 Å². The molecule has 0 amide bonds. The van der Waals surface area contributed by atoms with Gasteiger partial charge in [-0.25, -0.2) is 0 Å². The molecule has 2 heterocycles. The van der Waals surface area contributed by atoms with Gasteiger partial charge in [0.15, 0.2) is 0 Å². The first-order chi connectivity index (χ1) is 20.4. The number of benzene rings is 2. The van der Waals surface area contributed by atoms with E-state index < -0.39 is 28.6 Å². The van der Waals surface area contributed by atoms with Gasteiger partial charge >= 0.3 is 6.18 Å². The van der Waals surface area contributed by atoms with Crippen molar-refractivity contribution in [1.82, 2.24) is 4.57 Å². The van der Waals surface area contributed by atoms with Crippen molar-refractivity contribution >= 4 is 38.1 Å². The van der Waals surface area contributed by atoms with Crippen LogP contribution in [0.15, 0.2) is 63.6 Å². The number of methoxy groups -OCH3 is 1. The number of allylic oxidation sites excluding steroid dienone is 1. The molecule has 0 spiro atoms. The second kappa shape index (κ2) is 13.3. The number of anilines is 2. The summed E-state index contributed by atoms with van der Waals surface area (Å²) in [6, 6.07) is 11.0. The van der Waals surface area contributed by atoms with Gasteiger partial charge in [0, 0.05) is 42.5 Å². The summed E-state index contributed by atoms with van der Waals surface area (Å²) in [7, 11) is -2.85. The Hall–Kier alpha value is -4.35. The third-order valence-electron chi connectivity index (χ3n) is 6.50. The van der Waals surface area contributed by atoms with Gasteiger partial charge in [-0.1, -0.05) is 12.0 Å². The van der Waals surface area contributed by atoms with Crippen molar-refractivity contribution in [2.75, 3.05) is 37.5 Å². The lowest BCUT2D eigenvalue weighted by atomic mass is 10.1. The van der Waals surface area contributed by atoms with Crippen molar-refractivity contribution in [2.24, 2.45) is 10.1 Å². The minimum Gasteiger partial charge on any atom is -0.512 e. The van der Waals surface area contributed by atoms with Crippen LogP contribution in [0.1, 0.15) is 25.5 Å². The van der Waals surface area contributed by atoms with Crippen LogP contribution in [0, 0.1) is 11.8 Å². The highest BCUT2D eigenvalue weighted by atomic mass is 32.2. The highest BCUT2D eigenvalue weighted by Gasteiger charge is 2.30. The quantitative estimate of drug-likeness (QED) is 0.116. The Morgan fingerprint density at radius 1 is 1.23 bits per heavy atom. The van der Waals surface area contributed by atoms with Gasteiger partial charge in [0.2, 0.25) is 0 Å². The van der Waals surface area contributed by atoms with E-state index in [1.165, 1.54) is 32.2 Å². The summed E-state index contributed by atoms with van der Waals surface area (Å²) in [5, 5.41) is 16.3. The van der Waals surface area contributed by atoms with E-state index in [0.29, 0.717) is 29.8 Å². The molecule has 1 aromatic heterocycles. The number of fused-ring (bicyclic) bond motifs is 1. The highest BCUT2D eigenvalue weighted by molar-refractivity contribution is 7.90. The third-order valence-corrected chi connectivity index (χ3v) is 7.80. The summed E-state index contributed by atoms with van der Waals surface area (Å²) >= 11 is 0. The Morgan fingerprint density at radius 2 is 1.98 bits per heavy atom. The van der Waals surface area contributed by atoms with E-state index >= 15 is 0 Å². The summed E-state index contributed by atoms with van der Waals surface area (Å²) in [6.07, 6.45) is -1.85. The Kier molecular flexibility index (Phi) is 9.77. The van der Waals surface area contributed by atoms with E-state index in [9.17, 15) is 26.7 Å². The van der Waals surface area contributed by atoms with Gasteiger partial charge in [-0.05, 0) is 56.0 Å². The van der Waals surface area contributed by atoms with Crippen LogP contribution in [0.4, 0.5) is 24.5 Å². The maximum atomic E-state index is 13.5. The number of nitrogens with zero attached hydrogens (tertiary/aromatic N) is 2. The summed E-state index contributed by atoms with van der Waals surface area (Å²) in [5.74, 6) is 5.26. The van der Waals surface area contributed by atoms with E-state index in [4.69, 9.17) is 15.2 Å². The smallest absolute Gasteiger partial charge is 0.406 e. The molecule has 0 saturated carbocycles. The number of nitrogens with one attached hydrogen (secondary N) is 2. The SMILES string of the molecule is COc1cc(S(=O)(=O)/N=C(N)/C=C(/C)O)ccc1NCC#Cc1cc2c(NC3CCOCC3)cccc2n1CC(F)(F)F. The maximum Gasteiger partial charge on any atom is 0.406 e. The largest absolute Gasteiger partial charge is 0.512 e. The zero-order chi connectivity index (χ0) is 31.2. The molecule has 0 aliphatic carbocycles. The zero-order valence-corrected chi connectivity index (χ0v) is 24.3. The Bertz CT molecular complexity index is 1690. The molecule has 1 fully saturated rings. The molecular weight excluding hydrogens is 587 g/mol. The third kappa shape index (κ3) is 8.36. The topological polar surface area (TPSA) is 140 Å². The van der Waals surface area contributed by atoms with Gasteiger partial charge in [-0.2, -0.15) is 21.6 Å². The molecule has 0 bridgehead atoms. The van der Waals surface area contributed by atoms with E-state index in [0.717, 1.165) is 29.2 Å². The van der Waals surface area contributed by atoms with E-state index in [2.05, 4.69) is 26.9 Å². The van der Waals surface area contributed by atoms with Crippen molar-refractivity contribution in [3.63, 3.8) is 0 Å². The zero-order valence-electron chi connectivity index (χ0n) is 23.5. The molecule has 3 aromatic rings. The molecule has 0 unspecified atom stereocenters. The van der Waals surface area contributed by atoms with E-state index in [1.54, 1.807) is 18.2 Å². The summed E-state index contributed by atoms with van der Waals surface area (Å²) in [4.78, 5) is -0.199. The Labute approximate surface area is 247 Å². The standard InChI is InChI=1S/C29H32F3N5O5S/c1-19(38)15-28(33)36-43(39,40)22-8-9-25(27(17-22)41-2)34-12-4-5-21-16-23-24(35-20-10-13-42-14-11-20)6-3-7-26(23)37(21)18-29(30,31)32/h3,6-9,15-17,20,34-35,38H,10-14,18H2,1-2H3,(H2,33,36)/b19-15-. The molecule has 10 nitrogen and oxygen atoms in total. The van der Waals surface area contributed by atoms with Gasteiger partial charge in [0.25, 0.3) is 10.0 Å². The summed E-state index contributed by atoms with van der Waals surface area (Å²) < 4.78 is 81.1. The lowest BCUT2D eigenvalue weighted by Gasteiger charge is -2.24. The first kappa shape index (κ1) is 31.6. The first-order valence-electron chi connectivity index (χ1n) is 13.3. The van der Waals surface area contributed by atoms with Crippen molar-refractivity contribution in [2.45, 2.75) is 43.4 Å². The number of halogens is 3. The average Bonchev–Trinajstić information content (AvgIpc) is 3.27. The fourth-order valence-electron chi connectivity index (χ4n) is 4.61. The second-order valence-electron chi connectivity index (χ2n) is 9.79. The second-order valence-corrected chi connectivity index (χ2v) is 11.4. The average molecular weight is 620 g/mol. The van der Waals surface area contributed by atoms with Crippen molar-refractivity contribution in [3.8, 4) is 17.6 Å². The predicted molar refractivity (Wildman–Crippen MR) is 159 cm³/mol. The minimum absolute atomic E-state index is 0.0227. The molecule has 1 saturated heterocycles. The predicted octanol–water partition coefficient (Wildman–Crippen LogP) is 4.77. The number of aliphatic hydroxyl groups excluding tert-OH is 1. The molecule has 2 aromatic carbocycles. The van der Waals surface area contributed by atoms with Crippen molar-refractivity contribution in [3.05, 3.63) is 60.0 Å². The number of nitrogens with two attached hydrogens (primary N) is 1. The number of aliphatic hydroxyl groups is 1.